The molecule has 10 aromatic rings. The van der Waals surface area contributed by atoms with E-state index in [1.807, 2.05) is 36.9 Å². The van der Waals surface area contributed by atoms with Crippen LogP contribution < -0.4 is 16.4 Å². The molecule has 274 valence electrons. The van der Waals surface area contributed by atoms with Crippen molar-refractivity contribution in [3.8, 4) is 22.8 Å². The Bertz CT molecular complexity index is 3470. The third-order valence-electron chi connectivity index (χ3n) is 12.7. The Hall–Kier alpha value is -7.64. The lowest BCUT2D eigenvalue weighted by molar-refractivity contribution is 1.07. The van der Waals surface area contributed by atoms with Crippen molar-refractivity contribution in [2.75, 3.05) is 0 Å². The highest BCUT2D eigenvalue weighted by atomic mass is 15.2. The molecule has 0 N–H and O–H groups in total. The van der Waals surface area contributed by atoms with Crippen LogP contribution in [0.15, 0.2) is 170 Å². The molecule has 2 aliphatic heterocycles. The average Bonchev–Trinajstić information content (AvgIpc) is 3.86. The second kappa shape index (κ2) is 12.2. The lowest BCUT2D eigenvalue weighted by Gasteiger charge is -2.29. The van der Waals surface area contributed by atoms with Gasteiger partial charge in [-0.1, -0.05) is 96.5 Å². The summed E-state index contributed by atoms with van der Waals surface area (Å²) in [6.07, 6.45) is 10.9. The number of benzene rings is 5. The summed E-state index contributed by atoms with van der Waals surface area (Å²) >= 11 is 0. The molecule has 5 aromatic carbocycles. The lowest BCUT2D eigenvalue weighted by Crippen LogP contribution is -2.57. The van der Waals surface area contributed by atoms with Crippen LogP contribution >= 0.6 is 0 Å². The van der Waals surface area contributed by atoms with E-state index in [2.05, 4.69) is 150 Å². The van der Waals surface area contributed by atoms with E-state index in [0.29, 0.717) is 5.82 Å². The van der Waals surface area contributed by atoms with Gasteiger partial charge in [0.25, 0.3) is 0 Å². The number of hydrogen-bond donors (Lipinski definition) is 0. The minimum absolute atomic E-state index is 0.0532. The van der Waals surface area contributed by atoms with E-state index >= 15 is 0 Å². The van der Waals surface area contributed by atoms with Crippen LogP contribution in [0.1, 0.15) is 40.3 Å². The molecular weight excluding hydrogens is 719 g/mol. The van der Waals surface area contributed by atoms with E-state index in [1.165, 1.54) is 66.5 Å². The maximum absolute atomic E-state index is 5.20. The molecule has 0 atom stereocenters. The molecule has 0 saturated carbocycles. The summed E-state index contributed by atoms with van der Waals surface area (Å²) < 4.78 is 4.83. The van der Waals surface area contributed by atoms with Crippen molar-refractivity contribution >= 4 is 73.4 Å². The molecule has 0 amide bonds. The molecule has 0 fully saturated rings. The van der Waals surface area contributed by atoms with Gasteiger partial charge < -0.3 is 0 Å². The van der Waals surface area contributed by atoms with Gasteiger partial charge in [-0.05, 0) is 129 Å². The van der Waals surface area contributed by atoms with E-state index in [4.69, 9.17) is 19.9 Å². The van der Waals surface area contributed by atoms with Gasteiger partial charge in [0.1, 0.15) is 11.2 Å². The number of allylic oxidation sites excluding steroid dienone is 2. The minimum Gasteiger partial charge on any atom is -0.294 e. The number of pyridine rings is 2. The predicted molar refractivity (Wildman–Crippen MR) is 241 cm³/mol. The van der Waals surface area contributed by atoms with Crippen molar-refractivity contribution in [2.24, 2.45) is 0 Å². The van der Waals surface area contributed by atoms with Crippen LogP contribution in [0, 0.1) is 0 Å². The third kappa shape index (κ3) is 4.47. The molecule has 0 saturated heterocycles. The van der Waals surface area contributed by atoms with Crippen molar-refractivity contribution in [3.63, 3.8) is 0 Å². The van der Waals surface area contributed by atoms with Crippen LogP contribution in [0.5, 0.6) is 0 Å². The summed E-state index contributed by atoms with van der Waals surface area (Å²) in [5.41, 5.74) is 23.6. The normalized spacial score (nSPS) is 13.6. The topological polar surface area (TPSA) is 61.4 Å². The second-order valence-electron chi connectivity index (χ2n) is 15.8. The molecule has 0 radical (unpaired) electrons. The average molecular weight is 753 g/mol. The molecule has 3 aliphatic rings. The van der Waals surface area contributed by atoms with Crippen LogP contribution in [0.3, 0.4) is 0 Å². The van der Waals surface area contributed by atoms with Crippen LogP contribution in [-0.2, 0) is 6.42 Å². The Morgan fingerprint density at radius 2 is 1.37 bits per heavy atom. The molecule has 7 heterocycles. The zero-order chi connectivity index (χ0) is 38.8. The fraction of sp³-hybridized carbons (Fsp3) is 0.0385. The van der Waals surface area contributed by atoms with Gasteiger partial charge >= 0.3 is 0 Å². The summed E-state index contributed by atoms with van der Waals surface area (Å²) in [7, 11) is 0. The maximum atomic E-state index is 5.20. The Kier molecular flexibility index (Phi) is 6.70. The van der Waals surface area contributed by atoms with Gasteiger partial charge in [-0.2, -0.15) is 0 Å². The summed E-state index contributed by atoms with van der Waals surface area (Å²) in [5, 5.41) is 1.05. The number of rotatable bonds is 5. The smallest absolute Gasteiger partial charge is 0.248 e. The highest BCUT2D eigenvalue weighted by Gasteiger charge is 2.42. The van der Waals surface area contributed by atoms with Crippen molar-refractivity contribution < 1.29 is 0 Å². The first-order chi connectivity index (χ1) is 29.2. The molecule has 6 nitrogen and oxygen atoms in total. The number of nitrogens with zero attached hydrogens (tertiary/aromatic N) is 6. The van der Waals surface area contributed by atoms with Crippen molar-refractivity contribution in [1.82, 2.24) is 29.1 Å². The van der Waals surface area contributed by atoms with Crippen LogP contribution in [-0.4, -0.2) is 35.8 Å². The number of hydrogen-bond acceptors (Lipinski definition) is 4. The molecule has 1 aliphatic carbocycles. The Morgan fingerprint density at radius 1 is 0.610 bits per heavy atom. The fourth-order valence-electron chi connectivity index (χ4n) is 10.4. The number of aromatic nitrogens is 6. The minimum atomic E-state index is -0.0532. The first-order valence-electron chi connectivity index (χ1n) is 20.2. The monoisotopic (exact) mass is 752 g/mol. The second-order valence-corrected chi connectivity index (χ2v) is 15.8. The molecule has 13 rings (SSSR count). The summed E-state index contributed by atoms with van der Waals surface area (Å²) in [5.74, 6) is 0.695. The first-order valence-corrected chi connectivity index (χ1v) is 20.2. The highest BCUT2D eigenvalue weighted by molar-refractivity contribution is 6.99. The predicted octanol–water partition coefficient (Wildman–Crippen LogP) is 9.08. The van der Waals surface area contributed by atoms with Gasteiger partial charge in [-0.3, -0.25) is 19.1 Å². The Morgan fingerprint density at radius 3 is 2.24 bits per heavy atom. The molecule has 0 spiro atoms. The van der Waals surface area contributed by atoms with Crippen molar-refractivity contribution in [3.05, 3.63) is 203 Å². The maximum Gasteiger partial charge on any atom is 0.248 e. The molecule has 7 heteroatoms. The van der Waals surface area contributed by atoms with Gasteiger partial charge in [0, 0.05) is 41.7 Å². The van der Waals surface area contributed by atoms with Crippen molar-refractivity contribution in [2.45, 2.75) is 13.3 Å². The SMILES string of the molecule is CC1=C(c2ccccc2Cc2ccccc2)c2cccc3c2C1=Cc1cc(-c2ncccn2)cc2c1B3c1ccnc3c4c5ncccc5n(-c5ccccc5)c4n-2c13. The highest BCUT2D eigenvalue weighted by Crippen LogP contribution is 2.48. The molecule has 5 aromatic heterocycles. The van der Waals surface area contributed by atoms with Gasteiger partial charge in [0.2, 0.25) is 6.71 Å². The quantitative estimate of drug-likeness (QED) is 0.165. The zero-order valence-corrected chi connectivity index (χ0v) is 32.1. The van der Waals surface area contributed by atoms with Crippen molar-refractivity contribution in [1.29, 1.82) is 0 Å². The van der Waals surface area contributed by atoms with Crippen LogP contribution in [0.2, 0.25) is 0 Å². The van der Waals surface area contributed by atoms with Gasteiger partial charge in [-0.25, -0.2) is 9.97 Å². The molecule has 59 heavy (non-hydrogen) atoms. The molecular formula is C52H33BN6. The molecule has 0 unspecified atom stereocenters. The summed E-state index contributed by atoms with van der Waals surface area (Å²) in [4.78, 5) is 19.8. The standard InChI is InChI=1S/C52H33BN6/c1-31-39-29-34-28-35(51-56-24-12-25-57-51)30-43-47(34)53(40-20-10-19-38(45(39)40)44(31)37-18-9-8-15-33(37)27-32-13-4-2-5-14-32)41-22-26-55-49-46-48-42(21-11-23-54-48)58(36-16-6-3-7-17-36)52(46)59(43)50(41)49/h2-26,28-30H,27H2,1H3. The van der Waals surface area contributed by atoms with E-state index < -0.39 is 0 Å². The largest absolute Gasteiger partial charge is 0.294 e. The van der Waals surface area contributed by atoms with E-state index in [-0.39, 0.29) is 6.71 Å². The number of para-hydroxylation sites is 1. The van der Waals surface area contributed by atoms with Gasteiger partial charge in [0.15, 0.2) is 5.82 Å². The van der Waals surface area contributed by atoms with Gasteiger partial charge in [-0.15, -0.1) is 0 Å². The van der Waals surface area contributed by atoms with E-state index in [9.17, 15) is 0 Å². The Labute approximate surface area is 340 Å². The first kappa shape index (κ1) is 32.5. The lowest BCUT2D eigenvalue weighted by atomic mass is 9.34. The Balaban J connectivity index is 1.15. The van der Waals surface area contributed by atoms with Crippen LogP contribution in [0.25, 0.3) is 73.1 Å². The van der Waals surface area contributed by atoms with Gasteiger partial charge in [0.05, 0.1) is 21.9 Å². The summed E-state index contributed by atoms with van der Waals surface area (Å²) in [6, 6.07) is 50.3. The molecule has 0 bridgehead atoms. The van der Waals surface area contributed by atoms with E-state index in [1.54, 1.807) is 0 Å². The number of fused-ring (bicyclic) bond motifs is 8. The zero-order valence-electron chi connectivity index (χ0n) is 32.1. The fourth-order valence-corrected chi connectivity index (χ4v) is 10.4. The van der Waals surface area contributed by atoms with E-state index in [0.717, 1.165) is 56.5 Å². The third-order valence-corrected chi connectivity index (χ3v) is 12.7. The summed E-state index contributed by atoms with van der Waals surface area (Å²) in [6.45, 7) is 2.26. The van der Waals surface area contributed by atoms with Crippen LogP contribution in [0.4, 0.5) is 0 Å².